The van der Waals surface area contributed by atoms with Crippen molar-refractivity contribution in [2.75, 3.05) is 23.3 Å². The number of ether oxygens (including phenoxy) is 1. The van der Waals surface area contributed by atoms with Gasteiger partial charge in [-0.3, -0.25) is 4.79 Å². The second kappa shape index (κ2) is 7.95. The minimum Gasteiger partial charge on any atom is -0.478 e. The minimum absolute atomic E-state index is 0.0403. The van der Waals surface area contributed by atoms with Crippen LogP contribution in [0.15, 0.2) is 36.5 Å². The Balaban J connectivity index is 1.75. The van der Waals surface area contributed by atoms with E-state index in [1.807, 2.05) is 0 Å². The number of alkyl halides is 3. The number of amides is 1. The van der Waals surface area contributed by atoms with Crippen molar-refractivity contribution < 1.29 is 37.7 Å². The van der Waals surface area contributed by atoms with Gasteiger partial charge in [0.1, 0.15) is 17.1 Å². The summed E-state index contributed by atoms with van der Waals surface area (Å²) in [6.07, 6.45) is -3.72. The molecule has 0 radical (unpaired) electrons. The molecule has 3 rings (SSSR count). The van der Waals surface area contributed by atoms with Crippen LogP contribution in [-0.2, 0) is 0 Å². The van der Waals surface area contributed by atoms with Gasteiger partial charge in [-0.15, -0.1) is 13.2 Å². The number of nitrogens with zero attached hydrogens (tertiary/aromatic N) is 2. The number of hydrogen-bond acceptors (Lipinski definition) is 6. The Bertz CT molecular complexity index is 918. The van der Waals surface area contributed by atoms with Crippen molar-refractivity contribution >= 4 is 23.4 Å². The zero-order valence-corrected chi connectivity index (χ0v) is 14.8. The van der Waals surface area contributed by atoms with Gasteiger partial charge in [-0.2, -0.15) is 0 Å². The highest BCUT2D eigenvalue weighted by molar-refractivity contribution is 6.06. The molecule has 1 atom stereocenters. The SMILES string of the molecule is O=C(Nc1ccc(OC(F)(F)F)cc1)c1cnc(N2CCC(O)C2)c(C(=O)O)c1. The van der Waals surface area contributed by atoms with Crippen LogP contribution in [0.1, 0.15) is 27.1 Å². The molecule has 0 bridgehead atoms. The van der Waals surface area contributed by atoms with Gasteiger partial charge in [0.2, 0.25) is 0 Å². The van der Waals surface area contributed by atoms with Crippen molar-refractivity contribution in [1.29, 1.82) is 0 Å². The maximum Gasteiger partial charge on any atom is 0.573 e. The van der Waals surface area contributed by atoms with Crippen LogP contribution in [0.4, 0.5) is 24.7 Å². The average Bonchev–Trinajstić information content (AvgIpc) is 3.07. The third-order valence-electron chi connectivity index (χ3n) is 4.17. The van der Waals surface area contributed by atoms with Crippen LogP contribution in [0.2, 0.25) is 0 Å². The Morgan fingerprint density at radius 3 is 2.48 bits per heavy atom. The average molecular weight is 411 g/mol. The van der Waals surface area contributed by atoms with Crippen LogP contribution in [0.25, 0.3) is 0 Å². The molecule has 1 unspecified atom stereocenters. The lowest BCUT2D eigenvalue weighted by molar-refractivity contribution is -0.274. The Labute approximate surface area is 162 Å². The molecule has 2 aromatic rings. The van der Waals surface area contributed by atoms with Crippen LogP contribution >= 0.6 is 0 Å². The van der Waals surface area contributed by atoms with Gasteiger partial charge in [-0.25, -0.2) is 9.78 Å². The molecule has 8 nitrogen and oxygen atoms in total. The summed E-state index contributed by atoms with van der Waals surface area (Å²) in [6.45, 7) is 0.678. The monoisotopic (exact) mass is 411 g/mol. The molecule has 0 saturated carbocycles. The smallest absolute Gasteiger partial charge is 0.478 e. The van der Waals surface area contributed by atoms with E-state index in [0.29, 0.717) is 13.0 Å². The van der Waals surface area contributed by atoms with Crippen molar-refractivity contribution in [3.63, 3.8) is 0 Å². The maximum absolute atomic E-state index is 12.4. The number of carboxylic acids is 1. The molecule has 2 heterocycles. The number of anilines is 2. The number of benzene rings is 1. The Morgan fingerprint density at radius 2 is 1.93 bits per heavy atom. The van der Waals surface area contributed by atoms with E-state index in [4.69, 9.17) is 0 Å². The molecule has 29 heavy (non-hydrogen) atoms. The van der Waals surface area contributed by atoms with Crippen molar-refractivity contribution in [2.24, 2.45) is 0 Å². The third kappa shape index (κ3) is 5.13. The summed E-state index contributed by atoms with van der Waals surface area (Å²) in [4.78, 5) is 29.6. The number of carbonyl (C=O) groups is 2. The lowest BCUT2D eigenvalue weighted by Gasteiger charge is -2.19. The standard InChI is InChI=1S/C18H16F3N3O5/c19-18(20,21)29-13-3-1-11(2-4-13)23-16(26)10-7-14(17(27)28)15(22-8-10)24-6-5-12(25)9-24/h1-4,7-8,12,25H,5-6,9H2,(H,23,26)(H,27,28). The highest BCUT2D eigenvalue weighted by Crippen LogP contribution is 2.26. The van der Waals surface area contributed by atoms with Crippen LogP contribution in [-0.4, -0.2) is 52.6 Å². The molecule has 1 aliphatic rings. The van der Waals surface area contributed by atoms with Gasteiger partial charge in [0, 0.05) is 25.0 Å². The van der Waals surface area contributed by atoms with Gasteiger partial charge in [0.05, 0.1) is 11.7 Å². The number of pyridine rings is 1. The number of aliphatic hydroxyl groups excluding tert-OH is 1. The summed E-state index contributed by atoms with van der Waals surface area (Å²) in [7, 11) is 0. The molecule has 0 aliphatic carbocycles. The fourth-order valence-electron chi connectivity index (χ4n) is 2.87. The van der Waals surface area contributed by atoms with E-state index in [1.165, 1.54) is 18.3 Å². The number of nitrogens with one attached hydrogen (secondary N) is 1. The summed E-state index contributed by atoms with van der Waals surface area (Å²) >= 11 is 0. The van der Waals surface area contributed by atoms with Crippen molar-refractivity contribution in [2.45, 2.75) is 18.9 Å². The summed E-state index contributed by atoms with van der Waals surface area (Å²) in [5, 5.41) is 21.5. The zero-order chi connectivity index (χ0) is 21.2. The summed E-state index contributed by atoms with van der Waals surface area (Å²) < 4.78 is 40.3. The molecular weight excluding hydrogens is 395 g/mol. The van der Waals surface area contributed by atoms with Gasteiger partial charge in [-0.1, -0.05) is 0 Å². The molecule has 11 heteroatoms. The first-order chi connectivity index (χ1) is 13.6. The number of aliphatic hydroxyl groups is 1. The second-order valence-electron chi connectivity index (χ2n) is 6.32. The van der Waals surface area contributed by atoms with E-state index in [2.05, 4.69) is 15.0 Å². The number of hydrogen-bond donors (Lipinski definition) is 3. The quantitative estimate of drug-likeness (QED) is 0.693. The van der Waals surface area contributed by atoms with Crippen LogP contribution < -0.4 is 15.0 Å². The number of carbonyl (C=O) groups excluding carboxylic acids is 1. The van der Waals surface area contributed by atoms with Gasteiger partial charge < -0.3 is 25.2 Å². The Kier molecular flexibility index (Phi) is 5.59. The lowest BCUT2D eigenvalue weighted by atomic mass is 10.1. The van der Waals surface area contributed by atoms with Crippen molar-refractivity contribution in [3.05, 3.63) is 47.7 Å². The zero-order valence-electron chi connectivity index (χ0n) is 14.8. The highest BCUT2D eigenvalue weighted by Gasteiger charge is 2.31. The van der Waals surface area contributed by atoms with Gasteiger partial charge >= 0.3 is 12.3 Å². The second-order valence-corrected chi connectivity index (χ2v) is 6.32. The fourth-order valence-corrected chi connectivity index (χ4v) is 2.87. The number of halogens is 3. The fraction of sp³-hybridized carbons (Fsp3) is 0.278. The topological polar surface area (TPSA) is 112 Å². The largest absolute Gasteiger partial charge is 0.573 e. The predicted molar refractivity (Wildman–Crippen MR) is 95.1 cm³/mol. The first-order valence-corrected chi connectivity index (χ1v) is 8.46. The lowest BCUT2D eigenvalue weighted by Crippen LogP contribution is -2.25. The highest BCUT2D eigenvalue weighted by atomic mass is 19.4. The molecule has 1 saturated heterocycles. The molecule has 0 spiro atoms. The molecule has 1 fully saturated rings. The van der Waals surface area contributed by atoms with Gasteiger partial charge in [0.15, 0.2) is 0 Å². The third-order valence-corrected chi connectivity index (χ3v) is 4.17. The first-order valence-electron chi connectivity index (χ1n) is 8.46. The number of aromatic carboxylic acids is 1. The van der Waals surface area contributed by atoms with E-state index >= 15 is 0 Å². The normalized spacial score (nSPS) is 16.6. The first kappa shape index (κ1) is 20.4. The number of carboxylic acid groups (broad SMARTS) is 1. The van der Waals surface area contributed by atoms with Crippen molar-refractivity contribution in [1.82, 2.24) is 4.98 Å². The van der Waals surface area contributed by atoms with E-state index in [1.54, 1.807) is 4.90 Å². The van der Waals surface area contributed by atoms with E-state index in [0.717, 1.165) is 18.2 Å². The molecule has 3 N–H and O–H groups in total. The van der Waals surface area contributed by atoms with Gasteiger partial charge in [-0.05, 0) is 36.8 Å². The Morgan fingerprint density at radius 1 is 1.24 bits per heavy atom. The van der Waals surface area contributed by atoms with Crippen LogP contribution in [0, 0.1) is 0 Å². The molecule has 1 aromatic carbocycles. The van der Waals surface area contributed by atoms with E-state index in [9.17, 15) is 33.0 Å². The molecular formula is C18H16F3N3O5. The molecule has 1 aromatic heterocycles. The number of aromatic nitrogens is 1. The minimum atomic E-state index is -4.82. The maximum atomic E-state index is 12.4. The number of rotatable bonds is 5. The molecule has 1 amide bonds. The number of β-amino-alcohol motifs (C(OH)–C–C–N with tert-alkyl or cyclic N) is 1. The predicted octanol–water partition coefficient (Wildman–Crippen LogP) is 2.50. The van der Waals surface area contributed by atoms with Gasteiger partial charge in [0.25, 0.3) is 5.91 Å². The van der Waals surface area contributed by atoms with Crippen molar-refractivity contribution in [3.8, 4) is 5.75 Å². The summed E-state index contributed by atoms with van der Waals surface area (Å²) in [6, 6.07) is 5.65. The molecule has 154 valence electrons. The van der Waals surface area contributed by atoms with E-state index < -0.39 is 30.1 Å². The summed E-state index contributed by atoms with van der Waals surface area (Å²) in [5.74, 6) is -2.25. The Hall–Kier alpha value is -3.34. The van der Waals surface area contributed by atoms with E-state index in [-0.39, 0.29) is 29.2 Å². The molecule has 1 aliphatic heterocycles. The van der Waals surface area contributed by atoms with Crippen LogP contribution in [0.3, 0.4) is 0 Å². The van der Waals surface area contributed by atoms with Crippen LogP contribution in [0.5, 0.6) is 5.75 Å². The summed E-state index contributed by atoms with van der Waals surface area (Å²) in [5.41, 5.74) is -0.0460.